The molecule has 0 saturated carbocycles. The van der Waals surface area contributed by atoms with Gasteiger partial charge in [0.1, 0.15) is 19.8 Å². The molecule has 2 atom stereocenters. The second-order valence-electron chi connectivity index (χ2n) is 23.4. The second kappa shape index (κ2) is 69.4. The minimum absolute atomic E-state index is 0.0553. The molecule has 10 heteroatoms. The van der Waals surface area contributed by atoms with E-state index in [1.807, 2.05) is 21.1 Å². The van der Waals surface area contributed by atoms with Crippen LogP contribution in [0.25, 0.3) is 0 Å². The first-order valence-corrected chi connectivity index (χ1v) is 36.6. The number of carbonyl (C=O) groups excluding carboxylic acids is 2. The van der Waals surface area contributed by atoms with Crippen molar-refractivity contribution in [1.82, 2.24) is 0 Å². The van der Waals surface area contributed by atoms with E-state index in [-0.39, 0.29) is 26.1 Å². The van der Waals surface area contributed by atoms with Crippen LogP contribution in [0.5, 0.6) is 0 Å². The van der Waals surface area contributed by atoms with Crippen molar-refractivity contribution in [3.63, 3.8) is 0 Å². The molecule has 9 nitrogen and oxygen atoms in total. The molecule has 0 rings (SSSR count). The summed E-state index contributed by atoms with van der Waals surface area (Å²) >= 11 is 0. The smallest absolute Gasteiger partial charge is 0.306 e. The van der Waals surface area contributed by atoms with E-state index in [9.17, 15) is 19.0 Å². The quantitative estimate of drug-likeness (QED) is 0.0195. The van der Waals surface area contributed by atoms with Gasteiger partial charge in [-0.2, -0.15) is 0 Å². The van der Waals surface area contributed by atoms with Crippen LogP contribution >= 0.6 is 7.82 Å². The number of ether oxygens (including phenoxy) is 2. The largest absolute Gasteiger partial charge is 0.756 e. The van der Waals surface area contributed by atoms with Crippen LogP contribution in [0.15, 0.2) is 231 Å². The van der Waals surface area contributed by atoms with E-state index in [1.165, 1.54) is 19.3 Å². The number of phosphoric ester groups is 1. The Morgan fingerprint density at radius 3 is 0.891 bits per heavy atom. The molecule has 92 heavy (non-hydrogen) atoms. The maximum atomic E-state index is 12.8. The van der Waals surface area contributed by atoms with Crippen molar-refractivity contribution in [1.29, 1.82) is 0 Å². The van der Waals surface area contributed by atoms with Gasteiger partial charge in [0.15, 0.2) is 6.10 Å². The van der Waals surface area contributed by atoms with Gasteiger partial charge in [0, 0.05) is 12.8 Å². The molecule has 0 aromatic rings. The number of hydrogen-bond acceptors (Lipinski definition) is 8. The van der Waals surface area contributed by atoms with Gasteiger partial charge in [-0.15, -0.1) is 0 Å². The van der Waals surface area contributed by atoms with Gasteiger partial charge in [-0.1, -0.05) is 277 Å². The zero-order chi connectivity index (χ0) is 66.9. The first-order valence-electron chi connectivity index (χ1n) is 35.1. The lowest BCUT2D eigenvalue weighted by atomic mass is 10.1. The van der Waals surface area contributed by atoms with Crippen LogP contribution in [0.2, 0.25) is 0 Å². The molecule has 0 heterocycles. The summed E-state index contributed by atoms with van der Waals surface area (Å²) in [6, 6.07) is 0. The van der Waals surface area contributed by atoms with Gasteiger partial charge >= 0.3 is 11.9 Å². The summed E-state index contributed by atoms with van der Waals surface area (Å²) in [6.07, 6.45) is 113. The Morgan fingerprint density at radius 2 is 0.587 bits per heavy atom. The topological polar surface area (TPSA) is 111 Å². The summed E-state index contributed by atoms with van der Waals surface area (Å²) in [7, 11) is 1.09. The van der Waals surface area contributed by atoms with Crippen LogP contribution in [-0.2, 0) is 32.7 Å². The molecule has 0 fully saturated rings. The van der Waals surface area contributed by atoms with E-state index in [0.717, 1.165) is 161 Å². The third kappa shape index (κ3) is 73.1. The number of allylic oxidation sites excluding steroid dienone is 38. The maximum absolute atomic E-state index is 12.8. The summed E-state index contributed by atoms with van der Waals surface area (Å²) in [5.41, 5.74) is 0. The lowest BCUT2D eigenvalue weighted by Gasteiger charge is -2.28. The summed E-state index contributed by atoms with van der Waals surface area (Å²) < 4.78 is 34.2. The number of likely N-dealkylation sites (N-methyl/N-ethyl adjacent to an activating group) is 1. The highest BCUT2D eigenvalue weighted by molar-refractivity contribution is 7.45. The number of hydrogen-bond donors (Lipinski definition) is 0. The Balaban J connectivity index is 4.27. The minimum Gasteiger partial charge on any atom is -0.756 e. The van der Waals surface area contributed by atoms with Gasteiger partial charge in [0.2, 0.25) is 0 Å². The Labute approximate surface area is 562 Å². The third-order valence-electron chi connectivity index (χ3n) is 13.7. The highest BCUT2D eigenvalue weighted by Gasteiger charge is 2.22. The van der Waals surface area contributed by atoms with E-state index in [4.69, 9.17) is 18.5 Å². The van der Waals surface area contributed by atoms with Crippen LogP contribution in [0.1, 0.15) is 219 Å². The normalized spacial score (nSPS) is 14.5. The number of phosphoric acid groups is 1. The second-order valence-corrected chi connectivity index (χ2v) is 24.8. The summed E-state index contributed by atoms with van der Waals surface area (Å²) in [5.74, 6) is -0.918. The SMILES string of the molecule is CC/C=C\C/C=C\C/C=C\C/C=C\C/C=C\C/C=C\C/C=C\C/C=C\C/C=C\C/C=C\C/C=C\C/C=C\CCCCC(=O)OC(COC(=O)CCCCCCCCC/C=C\C/C=C\C/C=C\C/C=C\C/C=C\C/C=C\C/C=C\CC)COP(=O)([O-])OCC[N+](C)(C)C. The molecule has 0 radical (unpaired) electrons. The van der Waals surface area contributed by atoms with Gasteiger partial charge < -0.3 is 27.9 Å². The average molecular weight is 1280 g/mol. The third-order valence-corrected chi connectivity index (χ3v) is 14.6. The zero-order valence-corrected chi connectivity index (χ0v) is 59.0. The maximum Gasteiger partial charge on any atom is 0.306 e. The molecule has 0 aliphatic heterocycles. The highest BCUT2D eigenvalue weighted by atomic mass is 31.2. The van der Waals surface area contributed by atoms with E-state index in [2.05, 4.69) is 245 Å². The van der Waals surface area contributed by atoms with Gasteiger partial charge in [-0.05, 0) is 161 Å². The Hall–Kier alpha value is -5.93. The molecule has 0 aromatic heterocycles. The number of quaternary nitrogens is 1. The van der Waals surface area contributed by atoms with E-state index in [0.29, 0.717) is 23.9 Å². The molecule has 0 aliphatic carbocycles. The van der Waals surface area contributed by atoms with Crippen molar-refractivity contribution in [2.45, 2.75) is 225 Å². The Bertz CT molecular complexity index is 2400. The number of esters is 2. The molecule has 0 amide bonds. The molecule has 0 saturated heterocycles. The lowest BCUT2D eigenvalue weighted by Crippen LogP contribution is -2.37. The van der Waals surface area contributed by atoms with Crippen molar-refractivity contribution in [3.8, 4) is 0 Å². The van der Waals surface area contributed by atoms with Gasteiger partial charge in [-0.3, -0.25) is 14.2 Å². The van der Waals surface area contributed by atoms with Gasteiger partial charge in [-0.25, -0.2) is 0 Å². The van der Waals surface area contributed by atoms with E-state index >= 15 is 0 Å². The zero-order valence-electron chi connectivity index (χ0n) is 58.1. The number of nitrogens with zero attached hydrogens (tertiary/aromatic N) is 1. The van der Waals surface area contributed by atoms with Gasteiger partial charge in [0.25, 0.3) is 7.82 Å². The fourth-order valence-electron chi connectivity index (χ4n) is 8.38. The fraction of sp³-hybridized carbons (Fsp3) is 0.512. The first-order chi connectivity index (χ1) is 45.0. The number of unbranched alkanes of at least 4 members (excludes halogenated alkanes) is 9. The van der Waals surface area contributed by atoms with Crippen LogP contribution < -0.4 is 4.89 Å². The molecule has 2 unspecified atom stereocenters. The molecular formula is C82H126NO8P. The summed E-state index contributed by atoms with van der Waals surface area (Å²) in [4.78, 5) is 38.0. The van der Waals surface area contributed by atoms with Crippen molar-refractivity contribution in [2.24, 2.45) is 0 Å². The molecule has 0 spiro atoms. The predicted octanol–water partition coefficient (Wildman–Crippen LogP) is 22.7. The summed E-state index contributed by atoms with van der Waals surface area (Å²) in [5, 5.41) is 0. The average Bonchev–Trinajstić information content (AvgIpc) is 2.14. The number of carbonyl (C=O) groups is 2. The molecule has 512 valence electrons. The first kappa shape index (κ1) is 86.1. The fourth-order valence-corrected chi connectivity index (χ4v) is 9.11. The lowest BCUT2D eigenvalue weighted by molar-refractivity contribution is -0.870. The van der Waals surface area contributed by atoms with Crippen molar-refractivity contribution in [3.05, 3.63) is 231 Å². The molecule has 0 N–H and O–H groups in total. The van der Waals surface area contributed by atoms with Crippen LogP contribution in [0, 0.1) is 0 Å². The van der Waals surface area contributed by atoms with Crippen molar-refractivity contribution < 1.29 is 42.1 Å². The van der Waals surface area contributed by atoms with E-state index in [1.54, 1.807) is 0 Å². The van der Waals surface area contributed by atoms with Crippen LogP contribution in [0.4, 0.5) is 0 Å². The van der Waals surface area contributed by atoms with Crippen LogP contribution in [0.3, 0.4) is 0 Å². The molecular weight excluding hydrogens is 1160 g/mol. The van der Waals surface area contributed by atoms with E-state index < -0.39 is 32.5 Å². The van der Waals surface area contributed by atoms with Crippen LogP contribution in [-0.4, -0.2) is 70.0 Å². The van der Waals surface area contributed by atoms with Gasteiger partial charge in [0.05, 0.1) is 27.7 Å². The minimum atomic E-state index is -4.68. The molecule has 0 aliphatic rings. The summed E-state index contributed by atoms with van der Waals surface area (Å²) in [6.45, 7) is 3.91. The highest BCUT2D eigenvalue weighted by Crippen LogP contribution is 2.38. The Morgan fingerprint density at radius 1 is 0.337 bits per heavy atom. The molecule has 0 aromatic carbocycles. The monoisotopic (exact) mass is 1280 g/mol. The molecule has 0 bridgehead atoms. The van der Waals surface area contributed by atoms with Crippen molar-refractivity contribution in [2.75, 3.05) is 47.5 Å². The Kier molecular flexibility index (Phi) is 64.9. The standard InChI is InChI=1S/C82H126NO8P/c1-6-8-10-12-14-16-18-20-22-24-26-28-30-32-34-36-37-38-39-40-41-42-43-44-45-47-49-51-53-55-57-59-61-63-65-67-69-71-73-75-82(85)91-80(79-90-92(86,87)89-77-76-83(3,4)5)78-88-81(84)74-72-70-68-66-64-62-60-58-56-54-52-50-48-46-35-33-31-29-27-25-23-21-19-17-15-13-11-9-7-2/h8-11,14-17,20-23,26-29,32-35,37-38,40-41,43-44,47-50,53-56,59,61,65,67,80H,6-7,12-13,18-19,24-25,30-31,36,39,42,45-46,51-52,57-58,60,62-64,66,68-79H2,1-5H3/b10-8-,11-9-,16-14-,17-15-,22-20-,23-21-,28-26-,29-27-,34-32-,35-33-,38-37-,41-40-,44-43-,49-47-,50-48-,55-53-,56-54-,61-59-,67-65-. The number of rotatable bonds is 61. The predicted molar refractivity (Wildman–Crippen MR) is 396 cm³/mol. The van der Waals surface area contributed by atoms with Crippen molar-refractivity contribution >= 4 is 19.8 Å².